The van der Waals surface area contributed by atoms with E-state index in [9.17, 15) is 5.11 Å². The average Bonchev–Trinajstić information content (AvgIpc) is 2.54. The van der Waals surface area contributed by atoms with Gasteiger partial charge < -0.3 is 19.9 Å². The number of rotatable bonds is 8. The maximum atomic E-state index is 9.96. The Morgan fingerprint density at radius 3 is 2.86 bits per heavy atom. The van der Waals surface area contributed by atoms with Gasteiger partial charge >= 0.3 is 0 Å². The Labute approximate surface area is 135 Å². The normalized spacial score (nSPS) is 20.0. The summed E-state index contributed by atoms with van der Waals surface area (Å²) in [6.45, 7) is 1.76. The third-order valence-corrected chi connectivity index (χ3v) is 5.98. The lowest BCUT2D eigenvalue weighted by atomic mass is 10.3. The molecule has 1 aliphatic rings. The summed E-state index contributed by atoms with van der Waals surface area (Å²) < 4.78 is 10.8. The SMILES string of the molecule is COc1ccccc1OCC(O)CNCC1CSCCS1. The van der Waals surface area contributed by atoms with Crippen molar-refractivity contribution in [2.24, 2.45) is 0 Å². The van der Waals surface area contributed by atoms with Gasteiger partial charge in [0.1, 0.15) is 12.7 Å². The van der Waals surface area contributed by atoms with E-state index in [0.29, 0.717) is 23.3 Å². The monoisotopic (exact) mass is 329 g/mol. The maximum absolute atomic E-state index is 9.96. The first-order valence-corrected chi connectivity index (χ1v) is 9.34. The molecule has 4 nitrogen and oxygen atoms in total. The number of hydrogen-bond donors (Lipinski definition) is 2. The summed E-state index contributed by atoms with van der Waals surface area (Å²) >= 11 is 4.03. The smallest absolute Gasteiger partial charge is 0.161 e. The Balaban J connectivity index is 1.63. The highest BCUT2D eigenvalue weighted by Gasteiger charge is 2.14. The van der Waals surface area contributed by atoms with E-state index in [1.54, 1.807) is 7.11 Å². The number of aliphatic hydroxyl groups is 1. The standard InChI is InChI=1S/C15H23NO3S2/c1-18-14-4-2-3-5-15(14)19-10-12(17)8-16-9-13-11-20-6-7-21-13/h2-5,12-13,16-17H,6-11H2,1H3. The second-order valence-electron chi connectivity index (χ2n) is 4.84. The fourth-order valence-electron chi connectivity index (χ4n) is 2.05. The fourth-order valence-corrected chi connectivity index (χ4v) is 4.69. The highest BCUT2D eigenvalue weighted by Crippen LogP contribution is 2.26. The molecule has 2 N–H and O–H groups in total. The van der Waals surface area contributed by atoms with Crippen molar-refractivity contribution in [2.45, 2.75) is 11.4 Å². The summed E-state index contributed by atoms with van der Waals surface area (Å²) in [6.07, 6.45) is -0.517. The molecule has 0 saturated carbocycles. The molecule has 1 fully saturated rings. The molecule has 2 unspecified atom stereocenters. The van der Waals surface area contributed by atoms with Crippen molar-refractivity contribution in [1.29, 1.82) is 0 Å². The number of benzene rings is 1. The molecule has 0 bridgehead atoms. The molecule has 0 aliphatic carbocycles. The Kier molecular flexibility index (Phi) is 7.57. The van der Waals surface area contributed by atoms with E-state index < -0.39 is 6.10 Å². The largest absolute Gasteiger partial charge is 0.493 e. The Morgan fingerprint density at radius 2 is 2.14 bits per heavy atom. The summed E-state index contributed by atoms with van der Waals surface area (Å²) in [4.78, 5) is 0. The van der Waals surface area contributed by atoms with Crippen LogP contribution in [0.3, 0.4) is 0 Å². The number of para-hydroxylation sites is 2. The van der Waals surface area contributed by atoms with Gasteiger partial charge in [0.25, 0.3) is 0 Å². The van der Waals surface area contributed by atoms with Crippen LogP contribution in [0.5, 0.6) is 11.5 Å². The lowest BCUT2D eigenvalue weighted by Crippen LogP contribution is -2.36. The van der Waals surface area contributed by atoms with Gasteiger partial charge in [0.15, 0.2) is 11.5 Å². The lowest BCUT2D eigenvalue weighted by molar-refractivity contribution is 0.105. The second-order valence-corrected chi connectivity index (χ2v) is 7.40. The number of hydrogen-bond acceptors (Lipinski definition) is 6. The van der Waals surface area contributed by atoms with Crippen molar-refractivity contribution in [3.8, 4) is 11.5 Å². The quantitative estimate of drug-likeness (QED) is 0.759. The first-order chi connectivity index (χ1) is 10.3. The molecule has 2 rings (SSSR count). The van der Waals surface area contributed by atoms with Crippen LogP contribution in [0.4, 0.5) is 0 Å². The molecule has 2 atom stereocenters. The average molecular weight is 329 g/mol. The molecule has 1 heterocycles. The fraction of sp³-hybridized carbons (Fsp3) is 0.600. The zero-order chi connectivity index (χ0) is 14.9. The van der Waals surface area contributed by atoms with Gasteiger partial charge in [-0.25, -0.2) is 0 Å². The molecular formula is C15H23NO3S2. The first kappa shape index (κ1) is 16.8. The van der Waals surface area contributed by atoms with Crippen LogP contribution in [0, 0.1) is 0 Å². The van der Waals surface area contributed by atoms with Crippen molar-refractivity contribution in [3.05, 3.63) is 24.3 Å². The van der Waals surface area contributed by atoms with Gasteiger partial charge in [0.05, 0.1) is 7.11 Å². The van der Waals surface area contributed by atoms with Crippen molar-refractivity contribution in [2.75, 3.05) is 44.1 Å². The number of ether oxygens (including phenoxy) is 2. The summed E-state index contributed by atoms with van der Waals surface area (Å²) in [5, 5.41) is 13.9. The molecule has 21 heavy (non-hydrogen) atoms. The van der Waals surface area contributed by atoms with Gasteiger partial charge in [-0.1, -0.05) is 12.1 Å². The van der Waals surface area contributed by atoms with E-state index in [1.807, 2.05) is 47.8 Å². The van der Waals surface area contributed by atoms with Crippen LogP contribution in [0.2, 0.25) is 0 Å². The van der Waals surface area contributed by atoms with E-state index in [-0.39, 0.29) is 6.61 Å². The van der Waals surface area contributed by atoms with Gasteiger partial charge in [-0.15, -0.1) is 0 Å². The minimum Gasteiger partial charge on any atom is -0.493 e. The van der Waals surface area contributed by atoms with Crippen LogP contribution in [0.25, 0.3) is 0 Å². The number of methoxy groups -OCH3 is 1. The first-order valence-electron chi connectivity index (χ1n) is 7.13. The van der Waals surface area contributed by atoms with Crippen LogP contribution < -0.4 is 14.8 Å². The Morgan fingerprint density at radius 1 is 1.33 bits per heavy atom. The Hall–Kier alpha value is -0.560. The Bertz CT molecular complexity index is 414. The van der Waals surface area contributed by atoms with Crippen LogP contribution >= 0.6 is 23.5 Å². The molecule has 1 aromatic carbocycles. The highest BCUT2D eigenvalue weighted by molar-refractivity contribution is 8.06. The third-order valence-electron chi connectivity index (χ3n) is 3.14. The zero-order valence-electron chi connectivity index (χ0n) is 12.3. The second kappa shape index (κ2) is 9.46. The maximum Gasteiger partial charge on any atom is 0.161 e. The van der Waals surface area contributed by atoms with Crippen LogP contribution in [0.1, 0.15) is 0 Å². The molecular weight excluding hydrogens is 306 g/mol. The molecule has 1 aromatic rings. The van der Waals surface area contributed by atoms with Crippen molar-refractivity contribution < 1.29 is 14.6 Å². The van der Waals surface area contributed by atoms with Crippen LogP contribution in [-0.4, -0.2) is 60.5 Å². The van der Waals surface area contributed by atoms with Gasteiger partial charge in [-0.3, -0.25) is 0 Å². The lowest BCUT2D eigenvalue weighted by Gasteiger charge is -2.22. The predicted octanol–water partition coefficient (Wildman–Crippen LogP) is 1.87. The molecule has 1 saturated heterocycles. The third kappa shape index (κ3) is 5.98. The van der Waals surface area contributed by atoms with Gasteiger partial charge in [-0.2, -0.15) is 23.5 Å². The van der Waals surface area contributed by atoms with Crippen molar-refractivity contribution in [3.63, 3.8) is 0 Å². The van der Waals surface area contributed by atoms with E-state index in [0.717, 1.165) is 6.54 Å². The van der Waals surface area contributed by atoms with Crippen LogP contribution in [0.15, 0.2) is 24.3 Å². The number of aliphatic hydroxyl groups excluding tert-OH is 1. The molecule has 1 aliphatic heterocycles. The zero-order valence-corrected chi connectivity index (χ0v) is 13.9. The minimum atomic E-state index is -0.517. The van der Waals surface area contributed by atoms with Crippen molar-refractivity contribution >= 4 is 23.5 Å². The molecule has 0 amide bonds. The van der Waals surface area contributed by atoms with E-state index in [4.69, 9.17) is 9.47 Å². The predicted molar refractivity (Wildman–Crippen MR) is 90.9 cm³/mol. The highest BCUT2D eigenvalue weighted by atomic mass is 32.2. The molecule has 0 spiro atoms. The van der Waals surface area contributed by atoms with Gasteiger partial charge in [0.2, 0.25) is 0 Å². The summed E-state index contributed by atoms with van der Waals surface area (Å²) in [7, 11) is 1.61. The van der Waals surface area contributed by atoms with Crippen LogP contribution in [-0.2, 0) is 0 Å². The number of thioether (sulfide) groups is 2. The molecule has 118 valence electrons. The van der Waals surface area contributed by atoms with Gasteiger partial charge in [0, 0.05) is 35.6 Å². The van der Waals surface area contributed by atoms with E-state index in [1.165, 1.54) is 17.3 Å². The van der Waals surface area contributed by atoms with E-state index >= 15 is 0 Å². The van der Waals surface area contributed by atoms with Gasteiger partial charge in [-0.05, 0) is 12.1 Å². The summed E-state index contributed by atoms with van der Waals surface area (Å²) in [5.74, 6) is 5.05. The topological polar surface area (TPSA) is 50.7 Å². The number of nitrogens with one attached hydrogen (secondary N) is 1. The minimum absolute atomic E-state index is 0.264. The molecule has 0 aromatic heterocycles. The van der Waals surface area contributed by atoms with Crippen molar-refractivity contribution in [1.82, 2.24) is 5.32 Å². The molecule has 6 heteroatoms. The van der Waals surface area contributed by atoms with E-state index in [2.05, 4.69) is 5.32 Å². The summed E-state index contributed by atoms with van der Waals surface area (Å²) in [6, 6.07) is 7.47. The summed E-state index contributed by atoms with van der Waals surface area (Å²) in [5.41, 5.74) is 0. The molecule has 0 radical (unpaired) electrons.